The zero-order valence-corrected chi connectivity index (χ0v) is 12.9. The number of thiazole rings is 1. The molecule has 0 bridgehead atoms. The lowest BCUT2D eigenvalue weighted by Crippen LogP contribution is -2.28. The van der Waals surface area contributed by atoms with Gasteiger partial charge < -0.3 is 26.5 Å². The van der Waals surface area contributed by atoms with Gasteiger partial charge in [0, 0.05) is 6.54 Å². The number of aromatic nitrogens is 1. The molecule has 118 valence electrons. The smallest absolute Gasteiger partial charge is 0.312 e. The predicted octanol–water partition coefficient (Wildman–Crippen LogP) is 2.00. The van der Waals surface area contributed by atoms with Crippen LogP contribution in [0.5, 0.6) is 0 Å². The third-order valence-corrected chi connectivity index (χ3v) is 3.43. The molecule has 6 N–H and O–H groups in total. The van der Waals surface area contributed by atoms with Crippen molar-refractivity contribution in [3.05, 3.63) is 17.9 Å². The number of primary amides is 1. The first-order valence-corrected chi connectivity index (χ1v) is 7.55. The highest BCUT2D eigenvalue weighted by molar-refractivity contribution is 7.20. The van der Waals surface area contributed by atoms with Crippen LogP contribution in [0.25, 0.3) is 11.5 Å². The Balaban J connectivity index is 2.12. The number of nitrogens with one attached hydrogen (secondary N) is 2. The molecule has 0 aliphatic heterocycles. The Kier molecular flexibility index (Phi) is 5.37. The second kappa shape index (κ2) is 7.46. The Labute approximate surface area is 131 Å². The van der Waals surface area contributed by atoms with Gasteiger partial charge in [-0.05, 0) is 18.6 Å². The summed E-state index contributed by atoms with van der Waals surface area (Å²) in [6, 6.07) is 2.90. The van der Waals surface area contributed by atoms with Crippen molar-refractivity contribution in [1.82, 2.24) is 10.3 Å². The first-order chi connectivity index (χ1) is 10.6. The van der Waals surface area contributed by atoms with Crippen LogP contribution in [-0.4, -0.2) is 23.9 Å². The SMILES string of the molecule is CCCN=CNc1sc(N)nc1-c1ccc(CNC(N)=O)o1. The minimum absolute atomic E-state index is 0.218. The zero-order valence-electron chi connectivity index (χ0n) is 12.1. The van der Waals surface area contributed by atoms with E-state index < -0.39 is 6.03 Å². The van der Waals surface area contributed by atoms with Gasteiger partial charge in [-0.2, -0.15) is 0 Å². The fourth-order valence-corrected chi connectivity index (χ4v) is 2.37. The summed E-state index contributed by atoms with van der Waals surface area (Å²) in [4.78, 5) is 19.1. The summed E-state index contributed by atoms with van der Waals surface area (Å²) in [5.74, 6) is 1.13. The summed E-state index contributed by atoms with van der Waals surface area (Å²) >= 11 is 1.31. The number of hydrogen-bond donors (Lipinski definition) is 4. The molecule has 0 aromatic carbocycles. The highest BCUT2D eigenvalue weighted by Crippen LogP contribution is 2.35. The van der Waals surface area contributed by atoms with E-state index in [4.69, 9.17) is 15.9 Å². The molecule has 0 saturated carbocycles. The molecule has 2 rings (SSSR count). The number of anilines is 2. The van der Waals surface area contributed by atoms with E-state index in [1.54, 1.807) is 18.5 Å². The highest BCUT2D eigenvalue weighted by atomic mass is 32.1. The molecule has 0 saturated heterocycles. The average molecular weight is 322 g/mol. The molecule has 0 aliphatic rings. The predicted molar refractivity (Wildman–Crippen MR) is 87.9 cm³/mol. The minimum atomic E-state index is -0.606. The topological polar surface area (TPSA) is 132 Å². The Morgan fingerprint density at radius 2 is 2.36 bits per heavy atom. The summed E-state index contributed by atoms with van der Waals surface area (Å²) < 4.78 is 5.64. The number of hydrogen-bond acceptors (Lipinski definition) is 6. The van der Waals surface area contributed by atoms with Crippen molar-refractivity contribution in [2.45, 2.75) is 19.9 Å². The molecule has 0 radical (unpaired) electrons. The van der Waals surface area contributed by atoms with Gasteiger partial charge >= 0.3 is 6.03 Å². The Hall–Kier alpha value is -2.55. The van der Waals surface area contributed by atoms with Crippen molar-refractivity contribution >= 4 is 33.8 Å². The maximum Gasteiger partial charge on any atom is 0.312 e. The van der Waals surface area contributed by atoms with E-state index in [0.717, 1.165) is 18.0 Å². The number of nitrogens with two attached hydrogens (primary N) is 2. The standard InChI is InChI=1S/C13H18N6O2S/c1-2-5-16-7-18-11-10(19-13(15)22-11)9-4-3-8(21-9)6-17-12(14)20/h3-4,7H,2,5-6H2,1H3,(H2,15,19)(H,16,18)(H3,14,17,20). The maximum absolute atomic E-state index is 10.7. The zero-order chi connectivity index (χ0) is 15.9. The summed E-state index contributed by atoms with van der Waals surface area (Å²) in [5, 5.41) is 6.70. The van der Waals surface area contributed by atoms with Crippen molar-refractivity contribution in [3.63, 3.8) is 0 Å². The number of carbonyl (C=O) groups is 1. The van der Waals surface area contributed by atoms with Gasteiger partial charge in [0.1, 0.15) is 16.5 Å². The number of nitrogens with zero attached hydrogens (tertiary/aromatic N) is 2. The molecule has 0 atom stereocenters. The van der Waals surface area contributed by atoms with Gasteiger partial charge in [-0.25, -0.2) is 9.78 Å². The number of furan rings is 1. The van der Waals surface area contributed by atoms with Gasteiger partial charge in [0.15, 0.2) is 10.9 Å². The monoisotopic (exact) mass is 322 g/mol. The summed E-state index contributed by atoms with van der Waals surface area (Å²) in [5.41, 5.74) is 11.4. The van der Waals surface area contributed by atoms with E-state index in [-0.39, 0.29) is 6.54 Å². The van der Waals surface area contributed by atoms with Crippen LogP contribution in [0, 0.1) is 0 Å². The Morgan fingerprint density at radius 3 is 3.09 bits per heavy atom. The van der Waals surface area contributed by atoms with Crippen molar-refractivity contribution in [1.29, 1.82) is 0 Å². The van der Waals surface area contributed by atoms with Crippen LogP contribution in [0.3, 0.4) is 0 Å². The number of amides is 2. The lowest BCUT2D eigenvalue weighted by atomic mass is 10.3. The number of rotatable bonds is 7. The largest absolute Gasteiger partial charge is 0.457 e. The molecule has 0 fully saturated rings. The van der Waals surface area contributed by atoms with Crippen LogP contribution in [-0.2, 0) is 6.54 Å². The molecule has 2 heterocycles. The molecule has 2 aromatic heterocycles. The molecule has 22 heavy (non-hydrogen) atoms. The molecule has 0 unspecified atom stereocenters. The van der Waals surface area contributed by atoms with Crippen LogP contribution >= 0.6 is 11.3 Å². The number of carbonyl (C=O) groups excluding carboxylic acids is 1. The van der Waals surface area contributed by atoms with Crippen LogP contribution in [0.15, 0.2) is 21.5 Å². The first-order valence-electron chi connectivity index (χ1n) is 6.73. The van der Waals surface area contributed by atoms with Crippen molar-refractivity contribution in [3.8, 4) is 11.5 Å². The van der Waals surface area contributed by atoms with Gasteiger partial charge in [-0.15, -0.1) is 0 Å². The van der Waals surface area contributed by atoms with Crippen LogP contribution < -0.4 is 22.1 Å². The Bertz CT molecular complexity index is 663. The lowest BCUT2D eigenvalue weighted by Gasteiger charge is -1.99. The Morgan fingerprint density at radius 1 is 1.55 bits per heavy atom. The van der Waals surface area contributed by atoms with Gasteiger partial charge in [0.05, 0.1) is 12.9 Å². The average Bonchev–Trinajstić information content (AvgIpc) is 3.08. The quantitative estimate of drug-likeness (QED) is 0.457. The van der Waals surface area contributed by atoms with E-state index in [2.05, 4.69) is 27.5 Å². The van der Waals surface area contributed by atoms with E-state index >= 15 is 0 Å². The van der Waals surface area contributed by atoms with E-state index in [1.165, 1.54) is 11.3 Å². The van der Waals surface area contributed by atoms with Gasteiger partial charge in [-0.1, -0.05) is 18.3 Å². The second-order valence-electron chi connectivity index (χ2n) is 4.39. The highest BCUT2D eigenvalue weighted by Gasteiger charge is 2.15. The summed E-state index contributed by atoms with van der Waals surface area (Å²) in [6.07, 6.45) is 2.60. The minimum Gasteiger partial charge on any atom is -0.457 e. The summed E-state index contributed by atoms with van der Waals surface area (Å²) in [7, 11) is 0. The van der Waals surface area contributed by atoms with Crippen molar-refractivity contribution < 1.29 is 9.21 Å². The maximum atomic E-state index is 10.7. The third kappa shape index (κ3) is 4.22. The van der Waals surface area contributed by atoms with Crippen molar-refractivity contribution in [2.75, 3.05) is 17.6 Å². The van der Waals surface area contributed by atoms with Crippen LogP contribution in [0.2, 0.25) is 0 Å². The van der Waals surface area contributed by atoms with Crippen LogP contribution in [0.4, 0.5) is 14.9 Å². The van der Waals surface area contributed by atoms with E-state index in [1.807, 2.05) is 0 Å². The normalized spacial score (nSPS) is 11.0. The molecule has 2 amide bonds. The number of nitrogen functional groups attached to an aromatic ring is 1. The van der Waals surface area contributed by atoms with Gasteiger partial charge in [-0.3, -0.25) is 4.99 Å². The number of aliphatic imine (C=N–C) groups is 1. The molecular formula is C13H18N6O2S. The molecule has 2 aromatic rings. The van der Waals surface area contributed by atoms with Gasteiger partial charge in [0.25, 0.3) is 0 Å². The first kappa shape index (κ1) is 15.8. The lowest BCUT2D eigenvalue weighted by molar-refractivity contribution is 0.247. The van der Waals surface area contributed by atoms with Crippen LogP contribution in [0.1, 0.15) is 19.1 Å². The van der Waals surface area contributed by atoms with E-state index in [9.17, 15) is 4.79 Å². The van der Waals surface area contributed by atoms with E-state index in [0.29, 0.717) is 22.3 Å². The molecule has 9 heteroatoms. The molecule has 0 spiro atoms. The molecule has 0 aliphatic carbocycles. The number of urea groups is 1. The molecule has 8 nitrogen and oxygen atoms in total. The summed E-state index contributed by atoms with van der Waals surface area (Å²) in [6.45, 7) is 3.02. The van der Waals surface area contributed by atoms with Crippen molar-refractivity contribution in [2.24, 2.45) is 10.7 Å². The fourth-order valence-electron chi connectivity index (χ4n) is 1.67. The second-order valence-corrected chi connectivity index (χ2v) is 5.42. The molecular weight excluding hydrogens is 304 g/mol. The third-order valence-electron chi connectivity index (χ3n) is 2.62. The van der Waals surface area contributed by atoms with Gasteiger partial charge in [0.2, 0.25) is 0 Å². The fraction of sp³-hybridized carbons (Fsp3) is 0.308.